The number of piperazine rings is 1. The fraction of sp³-hybridized carbons (Fsp3) is 0.533. The van der Waals surface area contributed by atoms with E-state index in [4.69, 9.17) is 4.98 Å². The van der Waals surface area contributed by atoms with E-state index in [1.807, 2.05) is 0 Å². The molecular weight excluding hydrogens is 316 g/mol. The van der Waals surface area contributed by atoms with Gasteiger partial charge in [0.05, 0.1) is 11.2 Å². The minimum Gasteiger partial charge on any atom is -0.368 e. The van der Waals surface area contributed by atoms with Crippen LogP contribution in [0.5, 0.6) is 0 Å². The summed E-state index contributed by atoms with van der Waals surface area (Å²) in [6.45, 7) is 10.8. The largest absolute Gasteiger partial charge is 0.368 e. The molecule has 3 rings (SSSR count). The van der Waals surface area contributed by atoms with Crippen molar-refractivity contribution in [1.82, 2.24) is 14.7 Å². The van der Waals surface area contributed by atoms with E-state index in [9.17, 15) is 0 Å². The number of hydrogen-bond donors (Lipinski definition) is 1. The molecule has 5 heteroatoms. The van der Waals surface area contributed by atoms with Crippen molar-refractivity contribution in [3.63, 3.8) is 0 Å². The van der Waals surface area contributed by atoms with Gasteiger partial charge in [-0.05, 0) is 28.1 Å². The highest BCUT2D eigenvalue weighted by atomic mass is 79.9. The average Bonchev–Trinajstić information content (AvgIpc) is 2.77. The molecule has 0 unspecified atom stereocenters. The van der Waals surface area contributed by atoms with Crippen LogP contribution >= 0.6 is 15.9 Å². The summed E-state index contributed by atoms with van der Waals surface area (Å²) in [6.07, 6.45) is 2.22. The van der Waals surface area contributed by atoms with Crippen molar-refractivity contribution in [3.05, 3.63) is 28.8 Å². The van der Waals surface area contributed by atoms with Gasteiger partial charge in [-0.15, -0.1) is 0 Å². The van der Waals surface area contributed by atoms with Crippen molar-refractivity contribution in [2.75, 3.05) is 31.1 Å². The van der Waals surface area contributed by atoms with E-state index < -0.39 is 0 Å². The monoisotopic (exact) mass is 336 g/mol. The molecule has 4 nitrogen and oxygen atoms in total. The molecule has 0 aromatic carbocycles. The van der Waals surface area contributed by atoms with Crippen molar-refractivity contribution in [2.45, 2.75) is 26.2 Å². The number of nitrogens with one attached hydrogen (secondary N) is 1. The Balaban J connectivity index is 2.09. The topological polar surface area (TPSA) is 32.6 Å². The van der Waals surface area contributed by atoms with E-state index in [1.165, 1.54) is 5.69 Å². The van der Waals surface area contributed by atoms with Crippen LogP contribution in [0.1, 0.15) is 26.6 Å². The van der Waals surface area contributed by atoms with Gasteiger partial charge in [0.15, 0.2) is 0 Å². The molecule has 0 bridgehead atoms. The molecule has 0 atom stereocenters. The molecule has 0 aliphatic carbocycles. The first-order valence-electron chi connectivity index (χ1n) is 7.10. The van der Waals surface area contributed by atoms with Crippen molar-refractivity contribution >= 4 is 27.1 Å². The molecule has 1 fully saturated rings. The molecule has 1 aliphatic rings. The fourth-order valence-corrected chi connectivity index (χ4v) is 3.17. The van der Waals surface area contributed by atoms with Gasteiger partial charge in [0.25, 0.3) is 0 Å². The van der Waals surface area contributed by atoms with Crippen LogP contribution in [0.4, 0.5) is 5.69 Å². The van der Waals surface area contributed by atoms with Crippen LogP contribution in [0, 0.1) is 0 Å². The Morgan fingerprint density at radius 3 is 2.55 bits per heavy atom. The molecule has 108 valence electrons. The Kier molecular flexibility index (Phi) is 3.50. The molecular formula is C15H21BrN4. The molecule has 1 saturated heterocycles. The Morgan fingerprint density at radius 2 is 1.90 bits per heavy atom. The van der Waals surface area contributed by atoms with E-state index >= 15 is 0 Å². The molecule has 1 aliphatic heterocycles. The van der Waals surface area contributed by atoms with Gasteiger partial charge in [-0.2, -0.15) is 0 Å². The van der Waals surface area contributed by atoms with Gasteiger partial charge in [-0.25, -0.2) is 4.98 Å². The van der Waals surface area contributed by atoms with Crippen molar-refractivity contribution in [3.8, 4) is 0 Å². The van der Waals surface area contributed by atoms with Crippen LogP contribution in [-0.2, 0) is 5.41 Å². The minimum atomic E-state index is 0.0248. The third-order valence-corrected chi connectivity index (χ3v) is 4.31. The zero-order valence-electron chi connectivity index (χ0n) is 12.3. The van der Waals surface area contributed by atoms with Crippen molar-refractivity contribution < 1.29 is 0 Å². The predicted molar refractivity (Wildman–Crippen MR) is 86.7 cm³/mol. The lowest BCUT2D eigenvalue weighted by molar-refractivity contribution is 0.541. The summed E-state index contributed by atoms with van der Waals surface area (Å²) in [5, 5.41) is 3.39. The lowest BCUT2D eigenvalue weighted by atomic mass is 9.96. The zero-order chi connectivity index (χ0) is 14.3. The van der Waals surface area contributed by atoms with Crippen LogP contribution in [0.15, 0.2) is 22.9 Å². The first-order chi connectivity index (χ1) is 9.47. The third-order valence-electron chi connectivity index (χ3n) is 3.73. The van der Waals surface area contributed by atoms with E-state index in [-0.39, 0.29) is 5.41 Å². The Bertz CT molecular complexity index is 621. The number of rotatable bonds is 1. The summed E-state index contributed by atoms with van der Waals surface area (Å²) in [5.74, 6) is 1.09. The van der Waals surface area contributed by atoms with Crippen LogP contribution in [0.3, 0.4) is 0 Å². The number of nitrogens with zero attached hydrogens (tertiary/aromatic N) is 3. The first kappa shape index (κ1) is 13.9. The molecule has 2 aromatic rings. The van der Waals surface area contributed by atoms with E-state index in [0.29, 0.717) is 0 Å². The Hall–Kier alpha value is -1.07. The number of imidazole rings is 1. The summed E-state index contributed by atoms with van der Waals surface area (Å²) in [7, 11) is 0. The van der Waals surface area contributed by atoms with Crippen molar-refractivity contribution in [1.29, 1.82) is 0 Å². The van der Waals surface area contributed by atoms with Crippen LogP contribution < -0.4 is 10.2 Å². The van der Waals surface area contributed by atoms with E-state index in [0.717, 1.165) is 42.1 Å². The highest BCUT2D eigenvalue weighted by molar-refractivity contribution is 9.10. The molecule has 1 N–H and O–H groups in total. The molecule has 20 heavy (non-hydrogen) atoms. The number of pyridine rings is 1. The molecule has 0 amide bonds. The van der Waals surface area contributed by atoms with Crippen LogP contribution in [-0.4, -0.2) is 35.6 Å². The van der Waals surface area contributed by atoms with Crippen LogP contribution in [0.25, 0.3) is 5.52 Å². The Labute approximate surface area is 128 Å². The second-order valence-corrected chi connectivity index (χ2v) is 7.11. The van der Waals surface area contributed by atoms with Gasteiger partial charge in [-0.3, -0.25) is 0 Å². The average molecular weight is 337 g/mol. The number of hydrogen-bond acceptors (Lipinski definition) is 3. The maximum Gasteiger partial charge on any atom is 0.132 e. The summed E-state index contributed by atoms with van der Waals surface area (Å²) in [5.41, 5.74) is 2.43. The molecule has 2 aromatic heterocycles. The van der Waals surface area contributed by atoms with Gasteiger partial charge < -0.3 is 14.6 Å². The normalized spacial score (nSPS) is 16.9. The van der Waals surface area contributed by atoms with Gasteiger partial charge >= 0.3 is 0 Å². The zero-order valence-corrected chi connectivity index (χ0v) is 13.9. The minimum absolute atomic E-state index is 0.0248. The van der Waals surface area contributed by atoms with Gasteiger partial charge in [0.2, 0.25) is 0 Å². The quantitative estimate of drug-likeness (QED) is 0.869. The van der Waals surface area contributed by atoms with E-state index in [1.54, 1.807) is 0 Å². The molecule has 0 spiro atoms. The second kappa shape index (κ2) is 5.04. The van der Waals surface area contributed by atoms with Gasteiger partial charge in [-0.1, -0.05) is 20.8 Å². The van der Waals surface area contributed by atoms with E-state index in [2.05, 4.69) is 69.6 Å². The first-order valence-corrected chi connectivity index (χ1v) is 7.90. The number of anilines is 1. The third kappa shape index (κ3) is 2.44. The van der Waals surface area contributed by atoms with Crippen molar-refractivity contribution in [2.24, 2.45) is 0 Å². The smallest absolute Gasteiger partial charge is 0.132 e. The van der Waals surface area contributed by atoms with Gasteiger partial charge in [0.1, 0.15) is 10.4 Å². The Morgan fingerprint density at radius 1 is 1.20 bits per heavy atom. The van der Waals surface area contributed by atoms with Gasteiger partial charge in [0, 0.05) is 37.8 Å². The second-order valence-electron chi connectivity index (χ2n) is 6.36. The maximum atomic E-state index is 4.70. The maximum absolute atomic E-state index is 4.70. The summed E-state index contributed by atoms with van der Waals surface area (Å²) in [4.78, 5) is 7.12. The summed E-state index contributed by atoms with van der Waals surface area (Å²) < 4.78 is 3.15. The molecule has 0 saturated carbocycles. The number of aromatic nitrogens is 2. The lowest BCUT2D eigenvalue weighted by Crippen LogP contribution is -2.43. The SMILES string of the molecule is CC(C)(C)c1nc(Br)c2ccc(N3CCNCC3)cn12. The number of halogens is 1. The highest BCUT2D eigenvalue weighted by Crippen LogP contribution is 2.29. The fourth-order valence-electron chi connectivity index (χ4n) is 2.68. The molecule has 3 heterocycles. The van der Waals surface area contributed by atoms with Crippen LogP contribution in [0.2, 0.25) is 0 Å². The summed E-state index contributed by atoms with van der Waals surface area (Å²) in [6, 6.07) is 4.35. The highest BCUT2D eigenvalue weighted by Gasteiger charge is 2.22. The number of fused-ring (bicyclic) bond motifs is 1. The lowest BCUT2D eigenvalue weighted by Gasteiger charge is -2.29. The standard InChI is InChI=1S/C15H21BrN4/c1-15(2,3)14-18-13(16)12-5-4-11(10-20(12)14)19-8-6-17-7-9-19/h4-5,10,17H,6-9H2,1-3H3. The summed E-state index contributed by atoms with van der Waals surface area (Å²) >= 11 is 3.58. The predicted octanol–water partition coefficient (Wildman–Crippen LogP) is 2.80. The molecule has 0 radical (unpaired) electrons.